The number of aromatic nitrogens is 2. The van der Waals surface area contributed by atoms with E-state index in [-0.39, 0.29) is 18.9 Å². The van der Waals surface area contributed by atoms with E-state index in [9.17, 15) is 9.90 Å². The third kappa shape index (κ3) is 3.81. The van der Waals surface area contributed by atoms with Crippen molar-refractivity contribution in [3.8, 4) is 0 Å². The molecule has 17 heavy (non-hydrogen) atoms. The number of hydrogen-bond donors (Lipinski definition) is 1. The third-order valence-electron chi connectivity index (χ3n) is 2.38. The molecule has 1 atom stereocenters. The van der Waals surface area contributed by atoms with E-state index in [1.807, 2.05) is 13.8 Å². The Balaban J connectivity index is 2.59. The highest BCUT2D eigenvalue weighted by molar-refractivity contribution is 9.10. The Morgan fingerprint density at radius 1 is 1.59 bits per heavy atom. The van der Waals surface area contributed by atoms with Crippen molar-refractivity contribution in [2.24, 2.45) is 0 Å². The molecule has 0 fully saturated rings. The Labute approximate surface area is 109 Å². The number of ether oxygens (including phenoxy) is 1. The molecular weight excluding hydrogens is 288 g/mol. The van der Waals surface area contributed by atoms with Gasteiger partial charge in [-0.05, 0) is 36.7 Å². The fourth-order valence-corrected chi connectivity index (χ4v) is 1.81. The average molecular weight is 305 g/mol. The largest absolute Gasteiger partial charge is 0.466 e. The van der Waals surface area contributed by atoms with Gasteiger partial charge in [-0.15, -0.1) is 0 Å². The van der Waals surface area contributed by atoms with E-state index in [1.54, 1.807) is 11.6 Å². The van der Waals surface area contributed by atoms with Crippen LogP contribution in [-0.2, 0) is 16.1 Å². The SMILES string of the molecule is CCOC(=O)CC(O)Cn1nc(C)c(Br)c1C. The molecule has 0 aliphatic rings. The molecule has 0 bridgehead atoms. The lowest BCUT2D eigenvalue weighted by molar-refractivity contribution is -0.145. The second kappa shape index (κ2) is 6.16. The predicted octanol–water partition coefficient (Wildman–Crippen LogP) is 1.58. The number of aryl methyl sites for hydroxylation is 1. The van der Waals surface area contributed by atoms with Gasteiger partial charge < -0.3 is 9.84 Å². The van der Waals surface area contributed by atoms with Crippen LogP contribution >= 0.6 is 15.9 Å². The summed E-state index contributed by atoms with van der Waals surface area (Å²) in [5.74, 6) is -0.388. The van der Waals surface area contributed by atoms with Crippen LogP contribution in [0.25, 0.3) is 0 Å². The molecule has 0 radical (unpaired) electrons. The number of aliphatic hydroxyl groups is 1. The van der Waals surface area contributed by atoms with Crippen molar-refractivity contribution in [3.63, 3.8) is 0 Å². The maximum Gasteiger partial charge on any atom is 0.308 e. The Bertz CT molecular complexity index is 404. The molecule has 5 nitrogen and oxygen atoms in total. The average Bonchev–Trinajstić information content (AvgIpc) is 2.46. The molecule has 96 valence electrons. The summed E-state index contributed by atoms with van der Waals surface area (Å²) >= 11 is 3.41. The van der Waals surface area contributed by atoms with E-state index in [2.05, 4.69) is 21.0 Å². The number of carbonyl (C=O) groups is 1. The van der Waals surface area contributed by atoms with Gasteiger partial charge in [0.1, 0.15) is 0 Å². The molecular formula is C11H17BrN2O3. The standard InChI is InChI=1S/C11H17BrN2O3/c1-4-17-10(16)5-9(15)6-14-8(3)11(12)7(2)13-14/h9,15H,4-6H2,1-3H3. The van der Waals surface area contributed by atoms with E-state index in [4.69, 9.17) is 4.74 Å². The minimum Gasteiger partial charge on any atom is -0.466 e. The van der Waals surface area contributed by atoms with Crippen LogP contribution in [0.2, 0.25) is 0 Å². The maximum absolute atomic E-state index is 11.2. The number of hydrogen-bond acceptors (Lipinski definition) is 4. The normalized spacial score (nSPS) is 12.5. The summed E-state index contributed by atoms with van der Waals surface area (Å²) in [6, 6.07) is 0. The highest BCUT2D eigenvalue weighted by atomic mass is 79.9. The smallest absolute Gasteiger partial charge is 0.308 e. The zero-order valence-electron chi connectivity index (χ0n) is 10.2. The first-order valence-corrected chi connectivity index (χ1v) is 6.28. The first-order valence-electron chi connectivity index (χ1n) is 5.48. The molecule has 1 heterocycles. The van der Waals surface area contributed by atoms with Crippen LogP contribution in [0.1, 0.15) is 24.7 Å². The second-order valence-electron chi connectivity index (χ2n) is 3.83. The van der Waals surface area contributed by atoms with Crippen molar-refractivity contribution in [3.05, 3.63) is 15.9 Å². The van der Waals surface area contributed by atoms with Crippen molar-refractivity contribution < 1.29 is 14.6 Å². The summed E-state index contributed by atoms with van der Waals surface area (Å²) in [7, 11) is 0. The zero-order chi connectivity index (χ0) is 13.0. The quantitative estimate of drug-likeness (QED) is 0.839. The highest BCUT2D eigenvalue weighted by Crippen LogP contribution is 2.20. The van der Waals surface area contributed by atoms with E-state index in [1.165, 1.54) is 0 Å². The molecule has 1 rings (SSSR count). The molecule has 0 aliphatic carbocycles. The van der Waals surface area contributed by atoms with Gasteiger partial charge in [-0.1, -0.05) is 0 Å². The molecule has 1 N–H and O–H groups in total. The molecule has 0 aliphatic heterocycles. The number of aliphatic hydroxyl groups excluding tert-OH is 1. The summed E-state index contributed by atoms with van der Waals surface area (Å²) in [6.45, 7) is 6.14. The second-order valence-corrected chi connectivity index (χ2v) is 4.62. The summed E-state index contributed by atoms with van der Waals surface area (Å²) in [4.78, 5) is 11.2. The molecule has 1 unspecified atom stereocenters. The summed E-state index contributed by atoms with van der Waals surface area (Å²) in [5, 5.41) is 14.0. The lowest BCUT2D eigenvalue weighted by atomic mass is 10.2. The van der Waals surface area contributed by atoms with Gasteiger partial charge in [-0.3, -0.25) is 9.48 Å². The van der Waals surface area contributed by atoms with E-state index in [0.29, 0.717) is 6.61 Å². The van der Waals surface area contributed by atoms with Crippen LogP contribution in [-0.4, -0.2) is 33.6 Å². The van der Waals surface area contributed by atoms with Gasteiger partial charge in [0, 0.05) is 5.69 Å². The number of nitrogens with zero attached hydrogens (tertiary/aromatic N) is 2. The van der Waals surface area contributed by atoms with Gasteiger partial charge in [0.05, 0.1) is 35.8 Å². The molecule has 0 saturated carbocycles. The topological polar surface area (TPSA) is 64.3 Å². The van der Waals surface area contributed by atoms with Crippen LogP contribution in [0.5, 0.6) is 0 Å². The fourth-order valence-electron chi connectivity index (χ4n) is 1.53. The maximum atomic E-state index is 11.2. The van der Waals surface area contributed by atoms with Crippen LogP contribution in [0, 0.1) is 13.8 Å². The van der Waals surface area contributed by atoms with Crippen LogP contribution < -0.4 is 0 Å². The van der Waals surface area contributed by atoms with E-state index >= 15 is 0 Å². The highest BCUT2D eigenvalue weighted by Gasteiger charge is 2.15. The van der Waals surface area contributed by atoms with Crippen LogP contribution in [0.4, 0.5) is 0 Å². The molecule has 0 amide bonds. The van der Waals surface area contributed by atoms with Gasteiger partial charge in [0.2, 0.25) is 0 Å². The Hall–Kier alpha value is -0.880. The minimum absolute atomic E-state index is 0.0101. The summed E-state index contributed by atoms with van der Waals surface area (Å²) in [6.07, 6.45) is -0.789. The van der Waals surface area contributed by atoms with Crippen molar-refractivity contribution in [2.45, 2.75) is 39.8 Å². The number of esters is 1. The molecule has 6 heteroatoms. The Kier molecular flexibility index (Phi) is 5.14. The number of carbonyl (C=O) groups excluding carboxylic acids is 1. The fraction of sp³-hybridized carbons (Fsp3) is 0.636. The van der Waals surface area contributed by atoms with Crippen molar-refractivity contribution in [2.75, 3.05) is 6.61 Å². The van der Waals surface area contributed by atoms with Crippen LogP contribution in [0.3, 0.4) is 0 Å². The first kappa shape index (κ1) is 14.2. The van der Waals surface area contributed by atoms with E-state index < -0.39 is 6.10 Å². The van der Waals surface area contributed by atoms with Crippen molar-refractivity contribution in [1.29, 1.82) is 0 Å². The zero-order valence-corrected chi connectivity index (χ0v) is 11.8. The summed E-state index contributed by atoms with van der Waals surface area (Å²) < 4.78 is 7.39. The molecule has 0 saturated heterocycles. The van der Waals surface area contributed by atoms with Gasteiger partial charge >= 0.3 is 5.97 Å². The summed E-state index contributed by atoms with van der Waals surface area (Å²) in [5.41, 5.74) is 1.80. The predicted molar refractivity (Wildman–Crippen MR) is 66.7 cm³/mol. The monoisotopic (exact) mass is 304 g/mol. The van der Waals surface area contributed by atoms with Crippen molar-refractivity contribution >= 4 is 21.9 Å². The third-order valence-corrected chi connectivity index (χ3v) is 3.53. The van der Waals surface area contributed by atoms with Crippen LogP contribution in [0.15, 0.2) is 4.47 Å². The van der Waals surface area contributed by atoms with Gasteiger partial charge in [0.15, 0.2) is 0 Å². The van der Waals surface area contributed by atoms with E-state index in [0.717, 1.165) is 15.9 Å². The Morgan fingerprint density at radius 2 is 2.24 bits per heavy atom. The van der Waals surface area contributed by atoms with Crippen molar-refractivity contribution in [1.82, 2.24) is 9.78 Å². The van der Waals surface area contributed by atoms with Gasteiger partial charge in [-0.25, -0.2) is 0 Å². The Morgan fingerprint density at radius 3 is 2.71 bits per heavy atom. The number of halogens is 1. The lowest BCUT2D eigenvalue weighted by Crippen LogP contribution is -2.22. The van der Waals surface area contributed by atoms with Gasteiger partial charge in [-0.2, -0.15) is 5.10 Å². The van der Waals surface area contributed by atoms with Gasteiger partial charge in [0.25, 0.3) is 0 Å². The number of rotatable bonds is 5. The first-order chi connectivity index (χ1) is 7.95. The lowest BCUT2D eigenvalue weighted by Gasteiger charge is -2.11. The molecule has 0 spiro atoms. The molecule has 1 aromatic heterocycles. The minimum atomic E-state index is -0.779. The molecule has 0 aromatic carbocycles. The molecule has 1 aromatic rings.